The molecule has 0 spiro atoms. The third kappa shape index (κ3) is 4.56. The van der Waals surface area contributed by atoms with E-state index in [9.17, 15) is 9.59 Å². The van der Waals surface area contributed by atoms with Crippen molar-refractivity contribution in [1.82, 2.24) is 29.4 Å². The van der Waals surface area contributed by atoms with E-state index >= 15 is 0 Å². The molecule has 0 bridgehead atoms. The number of amides is 1. The highest BCUT2D eigenvalue weighted by atomic mass is 35.5. The second-order valence-electron chi connectivity index (χ2n) is 9.92. The fraction of sp³-hybridized carbons (Fsp3) is 0.276. The van der Waals surface area contributed by atoms with Crippen molar-refractivity contribution in [3.63, 3.8) is 0 Å². The van der Waals surface area contributed by atoms with Gasteiger partial charge in [0.25, 0.3) is 5.91 Å². The molecule has 1 amide bonds. The third-order valence-corrected chi connectivity index (χ3v) is 7.67. The normalized spacial score (nSPS) is 17.6. The van der Waals surface area contributed by atoms with Crippen molar-refractivity contribution in [2.75, 3.05) is 0 Å². The Balaban J connectivity index is 1.21. The number of rotatable bonds is 5. The smallest absolute Gasteiger partial charge is 0.333 e. The number of benzene rings is 2. The topological polar surface area (TPSA) is 94.7 Å². The predicted octanol–water partition coefficient (Wildman–Crippen LogP) is 5.08. The number of imidazole rings is 1. The van der Waals surface area contributed by atoms with E-state index in [-0.39, 0.29) is 17.6 Å². The fourth-order valence-corrected chi connectivity index (χ4v) is 5.63. The lowest BCUT2D eigenvalue weighted by atomic mass is 9.85. The molecule has 1 saturated carbocycles. The number of carbonyl (C=O) groups is 1. The summed E-state index contributed by atoms with van der Waals surface area (Å²) in [6.45, 7) is 2.44. The van der Waals surface area contributed by atoms with Crippen LogP contribution in [0.2, 0.25) is 5.02 Å². The first-order valence-corrected chi connectivity index (χ1v) is 13.2. The van der Waals surface area contributed by atoms with Gasteiger partial charge in [-0.1, -0.05) is 23.7 Å². The summed E-state index contributed by atoms with van der Waals surface area (Å²) in [5.41, 5.74) is 5.21. The van der Waals surface area contributed by atoms with Crippen LogP contribution < -0.4 is 11.0 Å². The molecule has 9 heteroatoms. The Morgan fingerprint density at radius 3 is 2.50 bits per heavy atom. The van der Waals surface area contributed by atoms with E-state index in [2.05, 4.69) is 20.3 Å². The van der Waals surface area contributed by atoms with E-state index in [1.54, 1.807) is 29.2 Å². The summed E-state index contributed by atoms with van der Waals surface area (Å²) in [6.07, 6.45) is 8.44. The molecular weight excluding hydrogens is 500 g/mol. The standard InChI is InChI=1S/C29H27ClN6O2/c1-18-23(14-20(30)16-33-18)28(37)34-21-8-6-19(7-9-21)17-35-26-4-2-3-5-27(26)36(29(35)38)22-10-11-24-25(15-22)32-13-12-31-24/h2-5,10-16,19,21H,6-9,17H2,1H3,(H,34,37)/t19-,21-. The Labute approximate surface area is 224 Å². The minimum absolute atomic E-state index is 0.0613. The second-order valence-corrected chi connectivity index (χ2v) is 10.4. The number of hydrogen-bond acceptors (Lipinski definition) is 5. The van der Waals surface area contributed by atoms with E-state index in [1.807, 2.05) is 54.0 Å². The summed E-state index contributed by atoms with van der Waals surface area (Å²) in [4.78, 5) is 39.5. The van der Waals surface area contributed by atoms with Crippen LogP contribution in [0.25, 0.3) is 27.8 Å². The number of para-hydroxylation sites is 2. The molecule has 192 valence electrons. The quantitative estimate of drug-likeness (QED) is 0.344. The molecule has 0 saturated heterocycles. The lowest BCUT2D eigenvalue weighted by Gasteiger charge is -2.29. The summed E-state index contributed by atoms with van der Waals surface area (Å²) in [6, 6.07) is 15.4. The van der Waals surface area contributed by atoms with Gasteiger partial charge >= 0.3 is 5.69 Å². The third-order valence-electron chi connectivity index (χ3n) is 7.47. The predicted molar refractivity (Wildman–Crippen MR) is 148 cm³/mol. The molecule has 6 rings (SSSR count). The number of fused-ring (bicyclic) bond motifs is 2. The SMILES string of the molecule is Cc1ncc(Cl)cc1C(=O)N[C@H]1CC[C@H](Cn2c(=O)n(-c3ccc4nccnc4c3)c3ccccc32)CC1. The number of nitrogens with zero attached hydrogens (tertiary/aromatic N) is 5. The molecule has 38 heavy (non-hydrogen) atoms. The maximum absolute atomic E-state index is 13.7. The molecule has 8 nitrogen and oxygen atoms in total. The van der Waals surface area contributed by atoms with Gasteiger partial charge in [-0.15, -0.1) is 0 Å². The number of halogens is 1. The molecule has 2 aromatic carbocycles. The van der Waals surface area contributed by atoms with Crippen LogP contribution in [0.3, 0.4) is 0 Å². The van der Waals surface area contributed by atoms with E-state index in [4.69, 9.17) is 11.6 Å². The average Bonchev–Trinajstić information content (AvgIpc) is 3.21. The van der Waals surface area contributed by atoms with Crippen LogP contribution in [0.15, 0.2) is 71.9 Å². The van der Waals surface area contributed by atoms with Crippen LogP contribution in [0.5, 0.6) is 0 Å². The van der Waals surface area contributed by atoms with E-state index in [1.165, 1.54) is 0 Å². The van der Waals surface area contributed by atoms with Crippen LogP contribution in [0.4, 0.5) is 0 Å². The highest BCUT2D eigenvalue weighted by Gasteiger charge is 2.25. The molecule has 0 radical (unpaired) electrons. The molecular formula is C29H27ClN6O2. The maximum atomic E-state index is 13.7. The molecule has 1 N–H and O–H groups in total. The zero-order valence-corrected chi connectivity index (χ0v) is 21.7. The molecule has 3 aromatic heterocycles. The first-order valence-electron chi connectivity index (χ1n) is 12.8. The molecule has 0 atom stereocenters. The van der Waals surface area contributed by atoms with Crippen LogP contribution in [0.1, 0.15) is 41.7 Å². The van der Waals surface area contributed by atoms with Crippen molar-refractivity contribution in [2.24, 2.45) is 5.92 Å². The van der Waals surface area contributed by atoms with E-state index in [0.717, 1.165) is 53.4 Å². The van der Waals surface area contributed by atoms with Gasteiger partial charge in [-0.25, -0.2) is 4.79 Å². The average molecular weight is 527 g/mol. The van der Waals surface area contributed by atoms with Crippen molar-refractivity contribution in [2.45, 2.75) is 45.2 Å². The maximum Gasteiger partial charge on any atom is 0.333 e. The summed E-state index contributed by atoms with van der Waals surface area (Å²) in [5, 5.41) is 3.60. The fourth-order valence-electron chi connectivity index (χ4n) is 5.47. The lowest BCUT2D eigenvalue weighted by molar-refractivity contribution is 0.0919. The summed E-state index contributed by atoms with van der Waals surface area (Å²) < 4.78 is 3.65. The molecule has 1 aliphatic carbocycles. The summed E-state index contributed by atoms with van der Waals surface area (Å²) >= 11 is 6.04. The highest BCUT2D eigenvalue weighted by Crippen LogP contribution is 2.28. The van der Waals surface area contributed by atoms with Crippen LogP contribution in [-0.2, 0) is 6.54 Å². The lowest BCUT2D eigenvalue weighted by Crippen LogP contribution is -2.39. The second kappa shape index (κ2) is 10.0. The Bertz CT molecular complexity index is 1720. The largest absolute Gasteiger partial charge is 0.349 e. The zero-order chi connectivity index (χ0) is 26.2. The zero-order valence-electron chi connectivity index (χ0n) is 21.0. The number of nitrogens with one attached hydrogen (secondary N) is 1. The minimum Gasteiger partial charge on any atom is -0.349 e. The van der Waals surface area contributed by atoms with Crippen molar-refractivity contribution in [3.8, 4) is 5.69 Å². The Kier molecular flexibility index (Phi) is 6.41. The van der Waals surface area contributed by atoms with Crippen molar-refractivity contribution in [3.05, 3.63) is 93.9 Å². The Hall–Kier alpha value is -4.04. The van der Waals surface area contributed by atoms with Gasteiger partial charge in [-0.05, 0) is 74.9 Å². The van der Waals surface area contributed by atoms with Gasteiger partial charge in [0.05, 0.1) is 44.0 Å². The van der Waals surface area contributed by atoms with Crippen LogP contribution in [-0.4, -0.2) is 36.0 Å². The molecule has 0 aliphatic heterocycles. The van der Waals surface area contributed by atoms with Gasteiger partial charge in [0, 0.05) is 31.2 Å². The van der Waals surface area contributed by atoms with Gasteiger partial charge in [0.1, 0.15) is 0 Å². The molecule has 1 aliphatic rings. The van der Waals surface area contributed by atoms with Crippen molar-refractivity contribution >= 4 is 39.6 Å². The number of aromatic nitrogens is 5. The van der Waals surface area contributed by atoms with Gasteiger partial charge < -0.3 is 5.32 Å². The first-order chi connectivity index (χ1) is 18.5. The Morgan fingerprint density at radius 2 is 1.71 bits per heavy atom. The highest BCUT2D eigenvalue weighted by molar-refractivity contribution is 6.30. The van der Waals surface area contributed by atoms with Gasteiger partial charge in [-0.2, -0.15) is 0 Å². The molecule has 3 heterocycles. The van der Waals surface area contributed by atoms with Gasteiger partial charge in [-0.3, -0.25) is 28.9 Å². The van der Waals surface area contributed by atoms with Crippen molar-refractivity contribution in [1.29, 1.82) is 0 Å². The number of pyridine rings is 1. The van der Waals surface area contributed by atoms with E-state index < -0.39 is 0 Å². The summed E-state index contributed by atoms with van der Waals surface area (Å²) in [7, 11) is 0. The number of carbonyl (C=O) groups excluding carboxylic acids is 1. The monoisotopic (exact) mass is 526 g/mol. The van der Waals surface area contributed by atoms with Gasteiger partial charge in [0.15, 0.2) is 0 Å². The number of aryl methyl sites for hydroxylation is 1. The molecule has 0 unspecified atom stereocenters. The minimum atomic E-state index is -0.139. The summed E-state index contributed by atoms with van der Waals surface area (Å²) in [5.74, 6) is 0.206. The molecule has 1 fully saturated rings. The van der Waals surface area contributed by atoms with Crippen LogP contribution >= 0.6 is 11.6 Å². The number of hydrogen-bond donors (Lipinski definition) is 1. The van der Waals surface area contributed by atoms with Gasteiger partial charge in [0.2, 0.25) is 0 Å². The van der Waals surface area contributed by atoms with Crippen LogP contribution in [0, 0.1) is 12.8 Å². The first kappa shape index (κ1) is 24.3. The molecule has 5 aromatic rings. The van der Waals surface area contributed by atoms with E-state index in [0.29, 0.717) is 28.7 Å². The Morgan fingerprint density at radius 1 is 0.974 bits per heavy atom. The van der Waals surface area contributed by atoms with Crippen molar-refractivity contribution < 1.29 is 4.79 Å².